The second kappa shape index (κ2) is 3.61. The summed E-state index contributed by atoms with van der Waals surface area (Å²) < 4.78 is 19.5. The molecule has 15 heavy (non-hydrogen) atoms. The fourth-order valence-corrected chi connectivity index (χ4v) is 1.32. The van der Waals surface area contributed by atoms with Crippen LogP contribution in [0.3, 0.4) is 0 Å². The molecule has 0 spiro atoms. The van der Waals surface area contributed by atoms with Crippen molar-refractivity contribution in [3.63, 3.8) is 0 Å². The topological polar surface area (TPSA) is 53.1 Å². The van der Waals surface area contributed by atoms with E-state index in [0.29, 0.717) is 17.4 Å². The molecule has 0 atom stereocenters. The highest BCUT2D eigenvalue weighted by Gasteiger charge is 2.08. The molecule has 0 aliphatic heterocycles. The number of ether oxygens (including phenoxy) is 1. The molecular formula is C10H10FN3O. The van der Waals surface area contributed by atoms with Gasteiger partial charge in [-0.1, -0.05) is 6.07 Å². The van der Waals surface area contributed by atoms with Crippen LogP contribution in [0.25, 0.3) is 5.69 Å². The Bertz CT molecular complexity index is 481. The first-order valence-electron chi connectivity index (χ1n) is 4.36. The molecule has 0 amide bonds. The zero-order valence-corrected chi connectivity index (χ0v) is 8.14. The number of benzene rings is 1. The molecule has 5 heteroatoms. The van der Waals surface area contributed by atoms with Gasteiger partial charge in [-0.05, 0) is 18.2 Å². The molecule has 0 fully saturated rings. The van der Waals surface area contributed by atoms with E-state index in [1.54, 1.807) is 18.2 Å². The van der Waals surface area contributed by atoms with Gasteiger partial charge in [-0.25, -0.2) is 4.39 Å². The van der Waals surface area contributed by atoms with Crippen molar-refractivity contribution in [1.82, 2.24) is 9.78 Å². The molecule has 0 saturated heterocycles. The van der Waals surface area contributed by atoms with E-state index in [4.69, 9.17) is 10.5 Å². The SMILES string of the molecule is COc1cc(N)nn1-c1cccc(F)c1. The lowest BCUT2D eigenvalue weighted by Gasteiger charge is -2.05. The third-order valence-corrected chi connectivity index (χ3v) is 1.96. The van der Waals surface area contributed by atoms with Crippen molar-refractivity contribution in [3.8, 4) is 11.6 Å². The largest absolute Gasteiger partial charge is 0.481 e. The van der Waals surface area contributed by atoms with Gasteiger partial charge in [-0.2, -0.15) is 4.68 Å². The fourth-order valence-electron chi connectivity index (χ4n) is 1.32. The van der Waals surface area contributed by atoms with Crippen LogP contribution >= 0.6 is 0 Å². The van der Waals surface area contributed by atoms with Crippen LogP contribution < -0.4 is 10.5 Å². The van der Waals surface area contributed by atoms with E-state index in [1.165, 1.54) is 23.9 Å². The number of nitrogens with two attached hydrogens (primary N) is 1. The summed E-state index contributed by atoms with van der Waals surface area (Å²) in [4.78, 5) is 0. The summed E-state index contributed by atoms with van der Waals surface area (Å²) in [5.41, 5.74) is 6.10. The first-order chi connectivity index (χ1) is 7.20. The van der Waals surface area contributed by atoms with E-state index in [9.17, 15) is 4.39 Å². The van der Waals surface area contributed by atoms with Crippen LogP contribution in [0, 0.1) is 5.82 Å². The highest BCUT2D eigenvalue weighted by Crippen LogP contribution is 2.20. The second-order valence-electron chi connectivity index (χ2n) is 3.00. The van der Waals surface area contributed by atoms with Crippen molar-refractivity contribution >= 4 is 5.82 Å². The van der Waals surface area contributed by atoms with E-state index in [0.717, 1.165) is 0 Å². The van der Waals surface area contributed by atoms with Crippen LogP contribution in [0.2, 0.25) is 0 Å². The molecular weight excluding hydrogens is 197 g/mol. The van der Waals surface area contributed by atoms with Gasteiger partial charge in [0.15, 0.2) is 0 Å². The molecule has 0 radical (unpaired) electrons. The highest BCUT2D eigenvalue weighted by atomic mass is 19.1. The van der Waals surface area contributed by atoms with Crippen molar-refractivity contribution in [1.29, 1.82) is 0 Å². The maximum absolute atomic E-state index is 13.0. The average Bonchev–Trinajstić information content (AvgIpc) is 2.59. The van der Waals surface area contributed by atoms with Gasteiger partial charge in [0.2, 0.25) is 5.88 Å². The average molecular weight is 207 g/mol. The van der Waals surface area contributed by atoms with Crippen molar-refractivity contribution in [2.75, 3.05) is 12.8 Å². The molecule has 1 aromatic heterocycles. The summed E-state index contributed by atoms with van der Waals surface area (Å²) in [6.07, 6.45) is 0. The number of halogens is 1. The molecule has 1 aromatic carbocycles. The van der Waals surface area contributed by atoms with E-state index in [2.05, 4.69) is 5.10 Å². The van der Waals surface area contributed by atoms with Gasteiger partial charge in [-0.3, -0.25) is 0 Å². The standard InChI is InChI=1S/C10H10FN3O/c1-15-10-6-9(12)13-14(10)8-4-2-3-7(11)5-8/h2-6H,1H3,(H2,12,13). The van der Waals surface area contributed by atoms with Crippen LogP contribution in [0.4, 0.5) is 10.2 Å². The lowest BCUT2D eigenvalue weighted by Crippen LogP contribution is -2.00. The minimum atomic E-state index is -0.330. The molecule has 2 aromatic rings. The van der Waals surface area contributed by atoms with Gasteiger partial charge >= 0.3 is 0 Å². The highest BCUT2D eigenvalue weighted by molar-refractivity contribution is 5.41. The molecule has 2 N–H and O–H groups in total. The minimum Gasteiger partial charge on any atom is -0.481 e. The van der Waals surface area contributed by atoms with E-state index < -0.39 is 0 Å². The van der Waals surface area contributed by atoms with Crippen LogP contribution in [0.5, 0.6) is 5.88 Å². The van der Waals surface area contributed by atoms with Gasteiger partial charge in [0.25, 0.3) is 0 Å². The van der Waals surface area contributed by atoms with Gasteiger partial charge in [0.05, 0.1) is 12.8 Å². The molecule has 2 rings (SSSR count). The van der Waals surface area contributed by atoms with E-state index in [-0.39, 0.29) is 5.82 Å². The predicted molar refractivity (Wildman–Crippen MR) is 54.5 cm³/mol. The maximum atomic E-state index is 13.0. The Hall–Kier alpha value is -2.04. The van der Waals surface area contributed by atoms with Crippen LogP contribution in [0.15, 0.2) is 30.3 Å². The molecule has 0 saturated carbocycles. The molecule has 4 nitrogen and oxygen atoms in total. The Labute approximate surface area is 86.1 Å². The Balaban J connectivity index is 2.53. The molecule has 1 heterocycles. The summed E-state index contributed by atoms with van der Waals surface area (Å²) in [5, 5.41) is 4.00. The minimum absolute atomic E-state index is 0.330. The number of hydrogen-bond acceptors (Lipinski definition) is 3. The van der Waals surface area contributed by atoms with Crippen molar-refractivity contribution < 1.29 is 9.13 Å². The first-order valence-corrected chi connectivity index (χ1v) is 4.36. The summed E-state index contributed by atoms with van der Waals surface area (Å²) in [7, 11) is 1.51. The molecule has 0 aliphatic rings. The monoisotopic (exact) mass is 207 g/mol. The number of anilines is 1. The van der Waals surface area contributed by atoms with Crippen molar-refractivity contribution in [2.45, 2.75) is 0 Å². The van der Waals surface area contributed by atoms with Crippen molar-refractivity contribution in [2.24, 2.45) is 0 Å². The third kappa shape index (κ3) is 1.76. The lowest BCUT2D eigenvalue weighted by atomic mass is 10.3. The zero-order chi connectivity index (χ0) is 10.8. The summed E-state index contributed by atoms with van der Waals surface area (Å²) in [6.45, 7) is 0. The second-order valence-corrected chi connectivity index (χ2v) is 3.00. The van der Waals surface area contributed by atoms with Gasteiger partial charge in [0.1, 0.15) is 11.6 Å². The van der Waals surface area contributed by atoms with Crippen LogP contribution in [0.1, 0.15) is 0 Å². The lowest BCUT2D eigenvalue weighted by molar-refractivity contribution is 0.383. The summed E-state index contributed by atoms with van der Waals surface area (Å²) >= 11 is 0. The summed E-state index contributed by atoms with van der Waals surface area (Å²) in [6, 6.07) is 7.61. The van der Waals surface area contributed by atoms with Crippen molar-refractivity contribution in [3.05, 3.63) is 36.1 Å². The van der Waals surface area contributed by atoms with Crippen LogP contribution in [-0.2, 0) is 0 Å². The zero-order valence-electron chi connectivity index (χ0n) is 8.14. The predicted octanol–water partition coefficient (Wildman–Crippen LogP) is 1.60. The van der Waals surface area contributed by atoms with Gasteiger partial charge in [0, 0.05) is 6.07 Å². The molecule has 0 bridgehead atoms. The number of methoxy groups -OCH3 is 1. The van der Waals surface area contributed by atoms with E-state index >= 15 is 0 Å². The number of rotatable bonds is 2. The Morgan fingerprint density at radius 2 is 2.20 bits per heavy atom. The number of hydrogen-bond donors (Lipinski definition) is 1. The Morgan fingerprint density at radius 1 is 1.40 bits per heavy atom. The quantitative estimate of drug-likeness (QED) is 0.813. The smallest absolute Gasteiger partial charge is 0.218 e. The molecule has 78 valence electrons. The summed E-state index contributed by atoms with van der Waals surface area (Å²) in [5.74, 6) is 0.470. The Kier molecular flexibility index (Phi) is 2.29. The van der Waals surface area contributed by atoms with Gasteiger partial charge < -0.3 is 10.5 Å². The fraction of sp³-hybridized carbons (Fsp3) is 0.100. The number of aromatic nitrogens is 2. The van der Waals surface area contributed by atoms with Crippen LogP contribution in [-0.4, -0.2) is 16.9 Å². The van der Waals surface area contributed by atoms with E-state index in [1.807, 2.05) is 0 Å². The molecule has 0 unspecified atom stereocenters. The number of nitrogens with zero attached hydrogens (tertiary/aromatic N) is 2. The first kappa shape index (κ1) is 9.51. The maximum Gasteiger partial charge on any atom is 0.218 e. The van der Waals surface area contributed by atoms with Gasteiger partial charge in [-0.15, -0.1) is 5.10 Å². The number of nitrogen functional groups attached to an aromatic ring is 1. The Morgan fingerprint density at radius 3 is 2.87 bits per heavy atom. The normalized spacial score (nSPS) is 10.3. The third-order valence-electron chi connectivity index (χ3n) is 1.96. The molecule has 0 aliphatic carbocycles.